The van der Waals surface area contributed by atoms with Gasteiger partial charge in [0.2, 0.25) is 0 Å². The van der Waals surface area contributed by atoms with Gasteiger partial charge in [0.05, 0.1) is 6.61 Å². The topological polar surface area (TPSA) is 82.3 Å². The predicted molar refractivity (Wildman–Crippen MR) is 116 cm³/mol. The molecule has 8 heteroatoms. The molecule has 0 unspecified atom stereocenters. The van der Waals surface area contributed by atoms with Crippen molar-refractivity contribution < 1.29 is 5.11 Å². The number of hydrogen-bond donors (Lipinski definition) is 2. The van der Waals surface area contributed by atoms with Crippen molar-refractivity contribution in [3.63, 3.8) is 0 Å². The summed E-state index contributed by atoms with van der Waals surface area (Å²) in [7, 11) is 2.17. The van der Waals surface area contributed by atoms with E-state index in [2.05, 4.69) is 74.8 Å². The van der Waals surface area contributed by atoms with E-state index in [0.717, 1.165) is 48.7 Å². The zero-order valence-electron chi connectivity index (χ0n) is 17.3. The number of benzene rings is 1. The summed E-state index contributed by atoms with van der Waals surface area (Å²) < 4.78 is 2.14. The molecule has 0 aliphatic carbocycles. The Hall–Kier alpha value is -2.71. The molecule has 4 rings (SSSR count). The van der Waals surface area contributed by atoms with Crippen molar-refractivity contribution in [2.75, 3.05) is 56.6 Å². The molecule has 1 fully saturated rings. The van der Waals surface area contributed by atoms with Crippen LogP contribution in [0.2, 0.25) is 0 Å². The summed E-state index contributed by atoms with van der Waals surface area (Å²) in [5.41, 5.74) is 3.84. The number of rotatable bonds is 6. The van der Waals surface area contributed by atoms with Crippen molar-refractivity contribution in [2.24, 2.45) is 0 Å². The van der Waals surface area contributed by atoms with Crippen LogP contribution in [0.25, 0.3) is 22.6 Å². The van der Waals surface area contributed by atoms with Crippen LogP contribution in [0.15, 0.2) is 30.6 Å². The first-order valence-corrected chi connectivity index (χ1v) is 10.2. The smallest absolute Gasteiger partial charge is 0.166 e. The first kappa shape index (κ1) is 19.6. The van der Waals surface area contributed by atoms with Crippen LogP contribution in [0.3, 0.4) is 0 Å². The third kappa shape index (κ3) is 3.90. The largest absolute Gasteiger partial charge is 0.395 e. The fraction of sp³-hybridized carbons (Fsp3) is 0.476. The molecule has 154 valence electrons. The highest BCUT2D eigenvalue weighted by molar-refractivity contribution is 5.86. The summed E-state index contributed by atoms with van der Waals surface area (Å²) in [6.45, 7) is 9.01. The van der Waals surface area contributed by atoms with Gasteiger partial charge in [-0.3, -0.25) is 0 Å². The monoisotopic (exact) mass is 395 g/mol. The van der Waals surface area contributed by atoms with Gasteiger partial charge in [-0.05, 0) is 45.2 Å². The van der Waals surface area contributed by atoms with E-state index >= 15 is 0 Å². The molecule has 0 radical (unpaired) electrons. The van der Waals surface area contributed by atoms with E-state index in [4.69, 9.17) is 10.1 Å². The molecule has 3 heterocycles. The number of nitrogens with zero attached hydrogens (tertiary/aromatic N) is 6. The molecule has 29 heavy (non-hydrogen) atoms. The maximum atomic E-state index is 9.14. The molecular formula is C21H29N7O. The van der Waals surface area contributed by atoms with Gasteiger partial charge < -0.3 is 24.8 Å². The second kappa shape index (κ2) is 8.34. The Morgan fingerprint density at radius 1 is 1.07 bits per heavy atom. The molecule has 3 aromatic rings. The highest BCUT2D eigenvalue weighted by Gasteiger charge is 2.20. The SMILES string of the molecule is CC(C)n1c(-c2ccc(N3CCN(C)CC3)cc2)nc2c(NCCO)ncnc21. The van der Waals surface area contributed by atoms with E-state index in [9.17, 15) is 0 Å². The molecular weight excluding hydrogens is 366 g/mol. The first-order chi connectivity index (χ1) is 14.1. The molecule has 1 aromatic carbocycles. The number of nitrogens with one attached hydrogen (secondary N) is 1. The highest BCUT2D eigenvalue weighted by Crippen LogP contribution is 2.31. The fourth-order valence-corrected chi connectivity index (χ4v) is 3.79. The van der Waals surface area contributed by atoms with Gasteiger partial charge in [-0.1, -0.05) is 0 Å². The van der Waals surface area contributed by atoms with E-state index in [1.807, 2.05) is 0 Å². The quantitative estimate of drug-likeness (QED) is 0.662. The lowest BCUT2D eigenvalue weighted by molar-refractivity contribution is 0.311. The van der Waals surface area contributed by atoms with E-state index < -0.39 is 0 Å². The molecule has 2 N–H and O–H groups in total. The zero-order chi connectivity index (χ0) is 20.4. The Bertz CT molecular complexity index is 959. The minimum absolute atomic E-state index is 0.0387. The first-order valence-electron chi connectivity index (χ1n) is 10.2. The van der Waals surface area contributed by atoms with Crippen LogP contribution in [-0.2, 0) is 0 Å². The number of hydrogen-bond acceptors (Lipinski definition) is 7. The second-order valence-corrected chi connectivity index (χ2v) is 7.78. The van der Waals surface area contributed by atoms with E-state index in [1.54, 1.807) is 6.33 Å². The summed E-state index contributed by atoms with van der Waals surface area (Å²) in [6.07, 6.45) is 1.54. The summed E-state index contributed by atoms with van der Waals surface area (Å²) in [4.78, 5) is 18.5. The molecule has 0 atom stereocenters. The van der Waals surface area contributed by atoms with Crippen molar-refractivity contribution in [1.29, 1.82) is 0 Å². The third-order valence-electron chi connectivity index (χ3n) is 5.39. The number of imidazole rings is 1. The van der Waals surface area contributed by atoms with Crippen molar-refractivity contribution in [1.82, 2.24) is 24.4 Å². The molecule has 0 spiro atoms. The summed E-state index contributed by atoms with van der Waals surface area (Å²) in [6, 6.07) is 8.85. The van der Waals surface area contributed by atoms with Crippen molar-refractivity contribution in [2.45, 2.75) is 19.9 Å². The van der Waals surface area contributed by atoms with Gasteiger partial charge >= 0.3 is 0 Å². The minimum atomic E-state index is 0.0387. The van der Waals surface area contributed by atoms with E-state index in [-0.39, 0.29) is 12.6 Å². The molecule has 8 nitrogen and oxygen atoms in total. The highest BCUT2D eigenvalue weighted by atomic mass is 16.3. The number of aliphatic hydroxyl groups is 1. The second-order valence-electron chi connectivity index (χ2n) is 7.78. The lowest BCUT2D eigenvalue weighted by atomic mass is 10.1. The maximum absolute atomic E-state index is 9.14. The third-order valence-corrected chi connectivity index (χ3v) is 5.39. The van der Waals surface area contributed by atoms with Crippen molar-refractivity contribution in [3.8, 4) is 11.4 Å². The Kier molecular flexibility index (Phi) is 5.64. The van der Waals surface area contributed by atoms with Gasteiger partial charge in [0.1, 0.15) is 12.2 Å². The molecule has 1 saturated heterocycles. The Balaban J connectivity index is 1.70. The number of aliphatic hydroxyl groups excluding tert-OH is 1. The molecule has 0 amide bonds. The fourth-order valence-electron chi connectivity index (χ4n) is 3.79. The van der Waals surface area contributed by atoms with Gasteiger partial charge in [-0.2, -0.15) is 0 Å². The molecule has 0 saturated carbocycles. The van der Waals surface area contributed by atoms with Crippen molar-refractivity contribution in [3.05, 3.63) is 30.6 Å². The molecule has 1 aliphatic rings. The number of piperazine rings is 1. The molecule has 0 bridgehead atoms. The Morgan fingerprint density at radius 2 is 1.79 bits per heavy atom. The average Bonchev–Trinajstić information content (AvgIpc) is 3.13. The van der Waals surface area contributed by atoms with Gasteiger partial charge in [0.15, 0.2) is 17.0 Å². The summed E-state index contributed by atoms with van der Waals surface area (Å²) in [5.74, 6) is 1.53. The van der Waals surface area contributed by atoms with Gasteiger partial charge in [-0.15, -0.1) is 0 Å². The number of fused-ring (bicyclic) bond motifs is 1. The van der Waals surface area contributed by atoms with Crippen LogP contribution in [0.1, 0.15) is 19.9 Å². The van der Waals surface area contributed by atoms with Crippen LogP contribution in [-0.4, -0.2) is 75.9 Å². The number of anilines is 2. The Morgan fingerprint density at radius 3 is 2.45 bits per heavy atom. The van der Waals surface area contributed by atoms with Gasteiger partial charge in [0.25, 0.3) is 0 Å². The average molecular weight is 396 g/mol. The van der Waals surface area contributed by atoms with Crippen LogP contribution in [0, 0.1) is 0 Å². The predicted octanol–water partition coefficient (Wildman–Crippen LogP) is 2.23. The number of likely N-dealkylation sites (N-methyl/N-ethyl adjacent to an activating group) is 1. The van der Waals surface area contributed by atoms with Crippen LogP contribution in [0.5, 0.6) is 0 Å². The zero-order valence-corrected chi connectivity index (χ0v) is 17.3. The maximum Gasteiger partial charge on any atom is 0.166 e. The van der Waals surface area contributed by atoms with Crippen molar-refractivity contribution >= 4 is 22.7 Å². The van der Waals surface area contributed by atoms with E-state index in [1.165, 1.54) is 5.69 Å². The van der Waals surface area contributed by atoms with Gasteiger partial charge in [-0.25, -0.2) is 15.0 Å². The van der Waals surface area contributed by atoms with Crippen LogP contribution >= 0.6 is 0 Å². The van der Waals surface area contributed by atoms with Gasteiger partial charge in [0, 0.05) is 50.0 Å². The normalized spacial score (nSPS) is 15.4. The standard InChI is InChI=1S/C21H29N7O/c1-15(2)28-20(25-18-19(22-8-13-29)23-14-24-21(18)28)16-4-6-17(7-5-16)27-11-9-26(3)10-12-27/h4-7,14-15,29H,8-13H2,1-3H3,(H,22,23,24). The number of aromatic nitrogens is 4. The van der Waals surface area contributed by atoms with E-state index in [0.29, 0.717) is 12.4 Å². The summed E-state index contributed by atoms with van der Waals surface area (Å²) in [5, 5.41) is 12.3. The lowest BCUT2D eigenvalue weighted by Gasteiger charge is -2.34. The lowest BCUT2D eigenvalue weighted by Crippen LogP contribution is -2.44. The molecule has 2 aromatic heterocycles. The Labute approximate surface area is 171 Å². The minimum Gasteiger partial charge on any atom is -0.395 e. The summed E-state index contributed by atoms with van der Waals surface area (Å²) >= 11 is 0. The van der Waals surface area contributed by atoms with Crippen LogP contribution < -0.4 is 10.2 Å². The van der Waals surface area contributed by atoms with Crippen LogP contribution in [0.4, 0.5) is 11.5 Å². The molecule has 1 aliphatic heterocycles.